The van der Waals surface area contributed by atoms with Crippen LogP contribution in [-0.4, -0.2) is 22.8 Å². The third kappa shape index (κ3) is 2.32. The number of hydrogen-bond donors (Lipinski definition) is 1. The molecule has 0 bridgehead atoms. The van der Waals surface area contributed by atoms with E-state index in [2.05, 4.69) is 9.97 Å². The van der Waals surface area contributed by atoms with Gasteiger partial charge in [-0.15, -0.1) is 0 Å². The molecule has 15 heavy (non-hydrogen) atoms. The number of fused-ring (bicyclic) bond motifs is 1. The fourth-order valence-corrected chi connectivity index (χ4v) is 2.58. The van der Waals surface area contributed by atoms with E-state index in [1.54, 1.807) is 11.8 Å². The summed E-state index contributed by atoms with van der Waals surface area (Å²) in [4.78, 5) is 8.93. The van der Waals surface area contributed by atoms with E-state index in [9.17, 15) is 0 Å². The van der Waals surface area contributed by atoms with E-state index in [1.165, 1.54) is 24.1 Å². The van der Waals surface area contributed by atoms with Gasteiger partial charge in [0, 0.05) is 11.9 Å². The molecule has 1 heterocycles. The van der Waals surface area contributed by atoms with Crippen LogP contribution < -0.4 is 5.73 Å². The van der Waals surface area contributed by atoms with E-state index in [0.29, 0.717) is 5.92 Å². The summed E-state index contributed by atoms with van der Waals surface area (Å²) in [6.45, 7) is 0.758. The van der Waals surface area contributed by atoms with E-state index in [-0.39, 0.29) is 0 Å². The molecule has 0 saturated carbocycles. The van der Waals surface area contributed by atoms with Crippen molar-refractivity contribution in [1.82, 2.24) is 9.97 Å². The molecule has 1 aliphatic rings. The van der Waals surface area contributed by atoms with Crippen LogP contribution in [0.2, 0.25) is 0 Å². The van der Waals surface area contributed by atoms with Crippen molar-refractivity contribution in [2.75, 3.05) is 12.8 Å². The van der Waals surface area contributed by atoms with Crippen molar-refractivity contribution in [3.05, 3.63) is 17.5 Å². The van der Waals surface area contributed by atoms with Gasteiger partial charge in [0.15, 0.2) is 5.16 Å². The first-order chi connectivity index (χ1) is 7.35. The lowest BCUT2D eigenvalue weighted by Gasteiger charge is -2.23. The van der Waals surface area contributed by atoms with Crippen LogP contribution in [0.4, 0.5) is 0 Å². The van der Waals surface area contributed by atoms with E-state index >= 15 is 0 Å². The summed E-state index contributed by atoms with van der Waals surface area (Å²) in [5.74, 6) is 0.592. The van der Waals surface area contributed by atoms with Crippen LogP contribution >= 0.6 is 11.8 Å². The predicted octanol–water partition coefficient (Wildman–Crippen LogP) is 1.97. The molecule has 3 nitrogen and oxygen atoms in total. The predicted molar refractivity (Wildman–Crippen MR) is 63.2 cm³/mol. The van der Waals surface area contributed by atoms with Gasteiger partial charge in [-0.25, -0.2) is 9.97 Å². The molecule has 1 aliphatic carbocycles. The molecule has 0 spiro atoms. The quantitative estimate of drug-likeness (QED) is 0.629. The highest BCUT2D eigenvalue weighted by Crippen LogP contribution is 2.32. The second kappa shape index (κ2) is 4.94. The van der Waals surface area contributed by atoms with Gasteiger partial charge in [0.25, 0.3) is 0 Å². The third-order valence-corrected chi connectivity index (χ3v) is 3.54. The van der Waals surface area contributed by atoms with Crippen LogP contribution in [-0.2, 0) is 6.42 Å². The van der Waals surface area contributed by atoms with Crippen LogP contribution in [0.15, 0.2) is 11.4 Å². The number of aryl methyl sites for hydroxylation is 1. The van der Waals surface area contributed by atoms with E-state index in [1.807, 2.05) is 12.5 Å². The molecule has 2 N–H and O–H groups in total. The summed E-state index contributed by atoms with van der Waals surface area (Å²) in [6.07, 6.45) is 8.67. The van der Waals surface area contributed by atoms with Crippen LogP contribution in [0.25, 0.3) is 0 Å². The average Bonchev–Trinajstić information content (AvgIpc) is 2.29. The Kier molecular flexibility index (Phi) is 3.59. The summed E-state index contributed by atoms with van der Waals surface area (Å²) in [5, 5.41) is 0.891. The van der Waals surface area contributed by atoms with Crippen molar-refractivity contribution in [3.63, 3.8) is 0 Å². The highest BCUT2D eigenvalue weighted by atomic mass is 32.2. The molecule has 0 aromatic carbocycles. The molecule has 1 aromatic rings. The smallest absolute Gasteiger partial charge is 0.187 e. The van der Waals surface area contributed by atoms with E-state index < -0.39 is 0 Å². The molecule has 1 aromatic heterocycles. The number of nitrogens with two attached hydrogens (primary N) is 1. The van der Waals surface area contributed by atoms with Crippen LogP contribution in [0.3, 0.4) is 0 Å². The lowest BCUT2D eigenvalue weighted by Crippen LogP contribution is -2.15. The highest BCUT2D eigenvalue weighted by molar-refractivity contribution is 7.98. The lowest BCUT2D eigenvalue weighted by molar-refractivity contribution is 0.511. The monoisotopic (exact) mass is 223 g/mol. The summed E-state index contributed by atoms with van der Waals surface area (Å²) in [5.41, 5.74) is 8.21. The van der Waals surface area contributed by atoms with Crippen molar-refractivity contribution in [1.29, 1.82) is 0 Å². The second-order valence-electron chi connectivity index (χ2n) is 3.93. The largest absolute Gasteiger partial charge is 0.330 e. The van der Waals surface area contributed by atoms with Crippen LogP contribution in [0.1, 0.15) is 36.4 Å². The fourth-order valence-electron chi connectivity index (χ4n) is 2.22. The maximum absolute atomic E-state index is 5.63. The Balaban J connectivity index is 2.28. The first-order valence-corrected chi connectivity index (χ1v) is 6.67. The van der Waals surface area contributed by atoms with Crippen molar-refractivity contribution < 1.29 is 0 Å². The fraction of sp³-hybridized carbons (Fsp3) is 0.636. The summed E-state index contributed by atoms with van der Waals surface area (Å²) in [7, 11) is 0. The van der Waals surface area contributed by atoms with E-state index in [0.717, 1.165) is 24.5 Å². The van der Waals surface area contributed by atoms with Crippen LogP contribution in [0.5, 0.6) is 0 Å². The topological polar surface area (TPSA) is 51.8 Å². The first-order valence-electron chi connectivity index (χ1n) is 5.45. The van der Waals surface area contributed by atoms with Gasteiger partial charge in [-0.2, -0.15) is 0 Å². The van der Waals surface area contributed by atoms with Gasteiger partial charge in [0.1, 0.15) is 0 Å². The lowest BCUT2D eigenvalue weighted by atomic mass is 9.84. The zero-order chi connectivity index (χ0) is 10.7. The Morgan fingerprint density at radius 2 is 2.47 bits per heavy atom. The van der Waals surface area contributed by atoms with Crippen molar-refractivity contribution in [2.24, 2.45) is 5.73 Å². The number of aromatic nitrogens is 2. The minimum absolute atomic E-state index is 0.592. The van der Waals surface area contributed by atoms with Gasteiger partial charge in [0.2, 0.25) is 0 Å². The van der Waals surface area contributed by atoms with E-state index in [4.69, 9.17) is 5.73 Å². The number of rotatable bonds is 3. The Hall–Kier alpha value is -0.610. The Morgan fingerprint density at radius 1 is 1.60 bits per heavy atom. The molecule has 4 heteroatoms. The van der Waals surface area contributed by atoms with Crippen LogP contribution in [0, 0.1) is 0 Å². The standard InChI is InChI=1S/C11H17N3S/c1-15-11-13-7-9-8(5-6-12)3-2-4-10(9)14-11/h7-8H,2-6,12H2,1H3. The SMILES string of the molecule is CSc1ncc2c(n1)CCCC2CCN. The Morgan fingerprint density at radius 3 is 3.20 bits per heavy atom. The normalized spacial score (nSPS) is 20.0. The molecular weight excluding hydrogens is 206 g/mol. The molecule has 0 radical (unpaired) electrons. The minimum Gasteiger partial charge on any atom is -0.330 e. The molecule has 2 rings (SSSR count). The minimum atomic E-state index is 0.592. The summed E-state index contributed by atoms with van der Waals surface area (Å²) in [6, 6.07) is 0. The molecule has 0 aliphatic heterocycles. The number of hydrogen-bond acceptors (Lipinski definition) is 4. The summed E-state index contributed by atoms with van der Waals surface area (Å²) < 4.78 is 0. The molecule has 1 atom stereocenters. The maximum atomic E-state index is 5.63. The highest BCUT2D eigenvalue weighted by Gasteiger charge is 2.21. The van der Waals surface area contributed by atoms with Gasteiger partial charge in [-0.1, -0.05) is 11.8 Å². The number of nitrogens with zero attached hydrogens (tertiary/aromatic N) is 2. The second-order valence-corrected chi connectivity index (χ2v) is 4.70. The number of thioether (sulfide) groups is 1. The molecule has 0 amide bonds. The van der Waals surface area contributed by atoms with Crippen molar-refractivity contribution in [3.8, 4) is 0 Å². The molecule has 82 valence electrons. The molecule has 1 unspecified atom stereocenters. The van der Waals surface area contributed by atoms with Gasteiger partial charge >= 0.3 is 0 Å². The Labute approximate surface area is 94.9 Å². The Bertz CT molecular complexity index is 341. The van der Waals surface area contributed by atoms with Crippen molar-refractivity contribution in [2.45, 2.75) is 36.8 Å². The van der Waals surface area contributed by atoms with Gasteiger partial charge in [0.05, 0.1) is 0 Å². The first kappa shape index (κ1) is 10.9. The zero-order valence-electron chi connectivity index (χ0n) is 9.07. The zero-order valence-corrected chi connectivity index (χ0v) is 9.89. The third-order valence-electron chi connectivity index (χ3n) is 2.98. The summed E-state index contributed by atoms with van der Waals surface area (Å²) >= 11 is 1.61. The van der Waals surface area contributed by atoms with Crippen molar-refractivity contribution >= 4 is 11.8 Å². The average molecular weight is 223 g/mol. The van der Waals surface area contributed by atoms with Gasteiger partial charge < -0.3 is 5.73 Å². The molecule has 0 fully saturated rings. The molecule has 0 saturated heterocycles. The van der Waals surface area contributed by atoms with Gasteiger partial charge in [-0.05, 0) is 50.0 Å². The maximum Gasteiger partial charge on any atom is 0.187 e. The molecular formula is C11H17N3S. The van der Waals surface area contributed by atoms with Gasteiger partial charge in [-0.3, -0.25) is 0 Å².